The lowest BCUT2D eigenvalue weighted by atomic mass is 9.63. The molecule has 0 radical (unpaired) electrons. The van der Waals surface area contributed by atoms with Crippen LogP contribution in [0.4, 0.5) is 0 Å². The standard InChI is InChI=1S/C15H18N2O/c1-3-11-10-6-9(2)8-15(11,16)12-4-5-14(18)17-13(12)7-10/h3-6,10H,7-8,16H2,1-2H3,(H,17,18)/t10-,15+/m0/s1/i1D3,3D. The molecule has 3 nitrogen and oxygen atoms in total. The predicted molar refractivity (Wildman–Crippen MR) is 72.3 cm³/mol. The van der Waals surface area contributed by atoms with Crippen molar-refractivity contribution in [3.05, 3.63) is 57.0 Å². The molecular weight excluding hydrogens is 224 g/mol. The number of rotatable bonds is 0. The molecule has 18 heavy (non-hydrogen) atoms. The van der Waals surface area contributed by atoms with E-state index in [1.54, 1.807) is 6.07 Å². The van der Waals surface area contributed by atoms with Crippen molar-refractivity contribution in [3.63, 3.8) is 0 Å². The molecular formula is C15H18N2O. The van der Waals surface area contributed by atoms with Crippen molar-refractivity contribution in [2.45, 2.75) is 32.2 Å². The topological polar surface area (TPSA) is 58.9 Å². The molecule has 0 aromatic carbocycles. The first-order chi connectivity index (χ1) is 10.1. The minimum atomic E-state index is -2.49. The minimum Gasteiger partial charge on any atom is -0.326 e. The lowest BCUT2D eigenvalue weighted by molar-refractivity contribution is 0.409. The molecule has 94 valence electrons. The molecule has 0 spiro atoms. The van der Waals surface area contributed by atoms with E-state index in [9.17, 15) is 4.79 Å². The van der Waals surface area contributed by atoms with Crippen molar-refractivity contribution < 1.29 is 5.48 Å². The Kier molecular flexibility index (Phi) is 1.59. The lowest BCUT2D eigenvalue weighted by Gasteiger charge is -2.45. The monoisotopic (exact) mass is 246 g/mol. The minimum absolute atomic E-state index is 0.199. The molecule has 0 saturated carbocycles. The zero-order chi connectivity index (χ0) is 16.3. The molecule has 0 saturated heterocycles. The number of pyridine rings is 1. The van der Waals surface area contributed by atoms with Gasteiger partial charge in [-0.1, -0.05) is 17.7 Å². The van der Waals surface area contributed by atoms with Crippen LogP contribution < -0.4 is 11.3 Å². The third kappa shape index (κ3) is 1.44. The number of hydrogen-bond donors (Lipinski definition) is 2. The Balaban J connectivity index is 2.32. The molecule has 2 aliphatic carbocycles. The van der Waals surface area contributed by atoms with Crippen molar-refractivity contribution in [1.82, 2.24) is 4.98 Å². The van der Waals surface area contributed by atoms with Crippen LogP contribution in [-0.4, -0.2) is 4.98 Å². The molecule has 2 aliphatic rings. The fraction of sp³-hybridized carbons (Fsp3) is 0.400. The number of nitrogens with one attached hydrogen (secondary N) is 1. The third-order valence-corrected chi connectivity index (χ3v) is 3.93. The van der Waals surface area contributed by atoms with Crippen molar-refractivity contribution >= 4 is 0 Å². The highest BCUT2D eigenvalue weighted by atomic mass is 16.1. The fourth-order valence-electron chi connectivity index (χ4n) is 3.27. The van der Waals surface area contributed by atoms with E-state index in [-0.39, 0.29) is 17.5 Å². The van der Waals surface area contributed by atoms with E-state index in [0.29, 0.717) is 18.4 Å². The summed E-state index contributed by atoms with van der Waals surface area (Å²) in [6, 6.07) is 2.69. The Morgan fingerprint density at radius 1 is 1.67 bits per heavy atom. The van der Waals surface area contributed by atoms with Crippen LogP contribution in [0.15, 0.2) is 40.2 Å². The average molecular weight is 246 g/mol. The number of aromatic amines is 1. The Labute approximate surface area is 112 Å². The maximum absolute atomic E-state index is 11.6. The van der Waals surface area contributed by atoms with Crippen LogP contribution in [-0.2, 0) is 12.0 Å². The number of nitrogens with two attached hydrogens (primary N) is 1. The molecule has 0 amide bonds. The van der Waals surface area contributed by atoms with Gasteiger partial charge in [0.2, 0.25) is 5.56 Å². The highest BCUT2D eigenvalue weighted by molar-refractivity contribution is 5.48. The quantitative estimate of drug-likeness (QED) is 0.688. The van der Waals surface area contributed by atoms with Crippen molar-refractivity contribution in [2.24, 2.45) is 11.7 Å². The zero-order valence-electron chi connectivity index (χ0n) is 14.2. The molecule has 3 rings (SSSR count). The van der Waals surface area contributed by atoms with Gasteiger partial charge in [-0.25, -0.2) is 0 Å². The Morgan fingerprint density at radius 2 is 2.50 bits per heavy atom. The summed E-state index contributed by atoms with van der Waals surface area (Å²) in [4.78, 5) is 14.4. The first kappa shape index (κ1) is 7.74. The fourth-order valence-corrected chi connectivity index (χ4v) is 3.27. The van der Waals surface area contributed by atoms with Crippen LogP contribution in [0.5, 0.6) is 0 Å². The van der Waals surface area contributed by atoms with Gasteiger partial charge in [0.05, 0.1) is 6.91 Å². The van der Waals surface area contributed by atoms with E-state index in [1.807, 2.05) is 13.0 Å². The van der Waals surface area contributed by atoms with Gasteiger partial charge in [-0.15, -0.1) is 0 Å². The molecule has 1 aromatic rings. The maximum atomic E-state index is 11.6. The van der Waals surface area contributed by atoms with Gasteiger partial charge in [-0.2, -0.15) is 0 Å². The second kappa shape index (κ2) is 3.69. The summed E-state index contributed by atoms with van der Waals surface area (Å²) in [5.41, 5.74) is 8.36. The summed E-state index contributed by atoms with van der Waals surface area (Å²) < 4.78 is 30.8. The van der Waals surface area contributed by atoms with Crippen molar-refractivity contribution in [3.8, 4) is 0 Å². The highest BCUT2D eigenvalue weighted by Gasteiger charge is 2.43. The molecule has 1 aromatic heterocycles. The molecule has 3 heteroatoms. The van der Waals surface area contributed by atoms with E-state index < -0.39 is 12.4 Å². The summed E-state index contributed by atoms with van der Waals surface area (Å²) in [6.45, 7) is -0.530. The normalized spacial score (nSPS) is 36.6. The van der Waals surface area contributed by atoms with Gasteiger partial charge in [-0.05, 0) is 43.8 Å². The maximum Gasteiger partial charge on any atom is 0.248 e. The Hall–Kier alpha value is -1.61. The van der Waals surface area contributed by atoms with Gasteiger partial charge >= 0.3 is 0 Å². The number of fused-ring (bicyclic) bond motifs is 4. The molecule has 1 heterocycles. The number of H-pyrrole nitrogens is 1. The third-order valence-electron chi connectivity index (χ3n) is 3.93. The van der Waals surface area contributed by atoms with Crippen LogP contribution in [0.25, 0.3) is 0 Å². The van der Waals surface area contributed by atoms with Gasteiger partial charge in [0.25, 0.3) is 0 Å². The van der Waals surface area contributed by atoms with E-state index in [0.717, 1.165) is 16.8 Å². The largest absolute Gasteiger partial charge is 0.326 e. The van der Waals surface area contributed by atoms with Gasteiger partial charge in [0.15, 0.2) is 0 Å². The Morgan fingerprint density at radius 3 is 3.28 bits per heavy atom. The molecule has 0 fully saturated rings. The molecule has 2 bridgehead atoms. The summed E-state index contributed by atoms with van der Waals surface area (Å²) in [7, 11) is 0. The number of aromatic nitrogens is 1. The van der Waals surface area contributed by atoms with Gasteiger partial charge in [0, 0.05) is 21.8 Å². The van der Waals surface area contributed by atoms with Crippen molar-refractivity contribution in [1.29, 1.82) is 0 Å². The van der Waals surface area contributed by atoms with Crippen LogP contribution in [0.3, 0.4) is 0 Å². The predicted octanol–water partition coefficient (Wildman–Crippen LogP) is 2.00. The van der Waals surface area contributed by atoms with E-state index in [1.165, 1.54) is 6.07 Å². The number of allylic oxidation sites excluding steroid dienone is 2. The van der Waals surface area contributed by atoms with Gasteiger partial charge < -0.3 is 10.7 Å². The lowest BCUT2D eigenvalue weighted by Crippen LogP contribution is -2.48. The van der Waals surface area contributed by atoms with Crippen LogP contribution in [0, 0.1) is 5.92 Å². The summed E-state index contributed by atoms with van der Waals surface area (Å²) >= 11 is 0. The second-order valence-electron chi connectivity index (χ2n) is 5.23. The van der Waals surface area contributed by atoms with Gasteiger partial charge in [0.1, 0.15) is 0 Å². The van der Waals surface area contributed by atoms with Crippen molar-refractivity contribution in [2.75, 3.05) is 0 Å². The second-order valence-corrected chi connectivity index (χ2v) is 5.23. The molecule has 0 unspecified atom stereocenters. The van der Waals surface area contributed by atoms with Gasteiger partial charge in [-0.3, -0.25) is 4.79 Å². The van der Waals surface area contributed by atoms with E-state index >= 15 is 0 Å². The number of hydrogen-bond acceptors (Lipinski definition) is 2. The van der Waals surface area contributed by atoms with E-state index in [4.69, 9.17) is 11.2 Å². The first-order valence-electron chi connectivity index (χ1n) is 8.03. The summed E-state index contributed by atoms with van der Waals surface area (Å²) in [5, 5.41) is 0. The summed E-state index contributed by atoms with van der Waals surface area (Å²) in [6.07, 6.45) is 2.89. The summed E-state index contributed by atoms with van der Waals surface area (Å²) in [5.74, 6) is -0.253. The van der Waals surface area contributed by atoms with Crippen LogP contribution in [0.2, 0.25) is 0 Å². The molecule has 0 aliphatic heterocycles. The SMILES string of the molecule is [2H]C(=C1[C@H]2C=C(C)C[C@]1(N)c1ccc(=O)[nH]c1C2)C([2H])([2H])[2H]. The van der Waals surface area contributed by atoms with E-state index in [2.05, 4.69) is 4.98 Å². The van der Waals surface area contributed by atoms with Crippen LogP contribution in [0.1, 0.15) is 36.9 Å². The van der Waals surface area contributed by atoms with Crippen LogP contribution >= 0.6 is 0 Å². The highest BCUT2D eigenvalue weighted by Crippen LogP contribution is 2.47. The molecule has 2 atom stereocenters. The Bertz CT molecular complexity index is 760. The average Bonchev–Trinajstić information content (AvgIpc) is 2.35. The first-order valence-corrected chi connectivity index (χ1v) is 6.03. The zero-order valence-corrected chi connectivity index (χ0v) is 10.2. The smallest absolute Gasteiger partial charge is 0.248 e. The molecule has 3 N–H and O–H groups in total.